The minimum absolute atomic E-state index is 0.227. The summed E-state index contributed by atoms with van der Waals surface area (Å²) in [6, 6.07) is 11.5. The number of nitrogens with two attached hydrogens (primary N) is 1. The highest BCUT2D eigenvalue weighted by Gasteiger charge is 2.13. The quantitative estimate of drug-likeness (QED) is 0.656. The summed E-state index contributed by atoms with van der Waals surface area (Å²) in [7, 11) is 0. The van der Waals surface area contributed by atoms with Crippen molar-refractivity contribution < 1.29 is 9.13 Å². The number of hydrogen-bond acceptors (Lipinski definition) is 3. The summed E-state index contributed by atoms with van der Waals surface area (Å²) in [5.74, 6) is 5.95. The van der Waals surface area contributed by atoms with Crippen molar-refractivity contribution in [2.24, 2.45) is 5.84 Å². The molecule has 0 fully saturated rings. The number of hydrazine groups is 1. The maximum Gasteiger partial charge on any atom is 0.123 e. The largest absolute Gasteiger partial charge is 0.492 e. The van der Waals surface area contributed by atoms with Gasteiger partial charge in [-0.3, -0.25) is 5.84 Å². The third-order valence-electron chi connectivity index (χ3n) is 3.02. The van der Waals surface area contributed by atoms with Crippen LogP contribution in [0.4, 0.5) is 4.39 Å². The van der Waals surface area contributed by atoms with Crippen LogP contribution in [0.2, 0.25) is 5.02 Å². The molecule has 0 aromatic heterocycles. The Bertz CT molecular complexity index is 592. The van der Waals surface area contributed by atoms with E-state index < -0.39 is 0 Å². The van der Waals surface area contributed by atoms with Crippen molar-refractivity contribution in [1.29, 1.82) is 0 Å². The highest BCUT2D eigenvalue weighted by molar-refractivity contribution is 6.30. The van der Waals surface area contributed by atoms with Gasteiger partial charge in [0.2, 0.25) is 0 Å². The summed E-state index contributed by atoms with van der Waals surface area (Å²) in [5.41, 5.74) is 4.40. The van der Waals surface area contributed by atoms with E-state index in [2.05, 4.69) is 5.43 Å². The van der Waals surface area contributed by atoms with Gasteiger partial charge < -0.3 is 4.74 Å². The molecular weight excluding hydrogens is 279 g/mol. The molecule has 1 atom stereocenters. The summed E-state index contributed by atoms with van der Waals surface area (Å²) >= 11 is 5.89. The molecule has 0 aliphatic carbocycles. The van der Waals surface area contributed by atoms with Gasteiger partial charge in [0.05, 0.1) is 6.04 Å². The SMILES string of the molecule is Cc1cc(F)ccc1C(COc1cccc(Cl)c1)NN. The Morgan fingerprint density at radius 2 is 2.10 bits per heavy atom. The summed E-state index contributed by atoms with van der Waals surface area (Å²) < 4.78 is 18.8. The Hall–Kier alpha value is -1.62. The fourth-order valence-corrected chi connectivity index (χ4v) is 2.17. The number of ether oxygens (including phenoxy) is 1. The molecule has 2 rings (SSSR count). The van der Waals surface area contributed by atoms with Crippen LogP contribution in [-0.2, 0) is 0 Å². The smallest absolute Gasteiger partial charge is 0.123 e. The summed E-state index contributed by atoms with van der Waals surface area (Å²) in [6.07, 6.45) is 0. The van der Waals surface area contributed by atoms with E-state index in [1.165, 1.54) is 12.1 Å². The Morgan fingerprint density at radius 1 is 1.30 bits per heavy atom. The Kier molecular flexibility index (Phi) is 4.95. The number of hydrogen-bond donors (Lipinski definition) is 2. The topological polar surface area (TPSA) is 47.3 Å². The second-order valence-corrected chi connectivity index (χ2v) is 4.92. The first-order valence-electron chi connectivity index (χ1n) is 6.20. The zero-order valence-electron chi connectivity index (χ0n) is 11.1. The maximum atomic E-state index is 13.1. The average Bonchev–Trinajstić information content (AvgIpc) is 2.41. The molecule has 3 nitrogen and oxygen atoms in total. The van der Waals surface area contributed by atoms with E-state index >= 15 is 0 Å². The Labute approximate surface area is 122 Å². The van der Waals surface area contributed by atoms with Gasteiger partial charge in [-0.05, 0) is 48.4 Å². The normalized spacial score (nSPS) is 12.2. The highest BCUT2D eigenvalue weighted by atomic mass is 35.5. The zero-order valence-corrected chi connectivity index (χ0v) is 11.8. The van der Waals surface area contributed by atoms with Crippen molar-refractivity contribution in [3.8, 4) is 5.75 Å². The van der Waals surface area contributed by atoms with E-state index in [4.69, 9.17) is 22.2 Å². The average molecular weight is 295 g/mol. The first kappa shape index (κ1) is 14.8. The lowest BCUT2D eigenvalue weighted by Crippen LogP contribution is -2.32. The van der Waals surface area contributed by atoms with E-state index in [0.29, 0.717) is 17.4 Å². The lowest BCUT2D eigenvalue weighted by atomic mass is 10.0. The molecule has 2 aromatic carbocycles. The molecule has 0 spiro atoms. The van der Waals surface area contributed by atoms with Gasteiger partial charge in [-0.2, -0.15) is 0 Å². The number of nitrogens with one attached hydrogen (secondary N) is 1. The molecule has 0 heterocycles. The van der Waals surface area contributed by atoms with E-state index in [1.54, 1.807) is 18.2 Å². The fraction of sp³-hybridized carbons (Fsp3) is 0.200. The number of aryl methyl sites for hydroxylation is 1. The second-order valence-electron chi connectivity index (χ2n) is 4.49. The van der Waals surface area contributed by atoms with Crippen LogP contribution in [0.5, 0.6) is 5.75 Å². The molecule has 5 heteroatoms. The van der Waals surface area contributed by atoms with Crippen LogP contribution in [0.1, 0.15) is 17.2 Å². The summed E-state index contributed by atoms with van der Waals surface area (Å²) in [6.45, 7) is 2.16. The van der Waals surface area contributed by atoms with Crippen LogP contribution in [0.15, 0.2) is 42.5 Å². The maximum absolute atomic E-state index is 13.1. The summed E-state index contributed by atoms with van der Waals surface area (Å²) in [4.78, 5) is 0. The zero-order chi connectivity index (χ0) is 14.5. The van der Waals surface area contributed by atoms with Crippen LogP contribution in [0.3, 0.4) is 0 Å². The molecule has 0 radical (unpaired) electrons. The predicted molar refractivity (Wildman–Crippen MR) is 78.1 cm³/mol. The molecule has 0 bridgehead atoms. The molecule has 0 aliphatic rings. The second kappa shape index (κ2) is 6.70. The predicted octanol–water partition coefficient (Wildman–Crippen LogP) is 3.37. The lowest BCUT2D eigenvalue weighted by Gasteiger charge is -2.19. The van der Waals surface area contributed by atoms with Crippen LogP contribution < -0.4 is 16.0 Å². The van der Waals surface area contributed by atoms with Gasteiger partial charge in [-0.15, -0.1) is 0 Å². The molecule has 0 saturated carbocycles. The van der Waals surface area contributed by atoms with E-state index in [9.17, 15) is 4.39 Å². The lowest BCUT2D eigenvalue weighted by molar-refractivity contribution is 0.267. The number of rotatable bonds is 5. The molecule has 106 valence electrons. The molecule has 0 amide bonds. The van der Waals surface area contributed by atoms with Crippen molar-refractivity contribution in [2.45, 2.75) is 13.0 Å². The van der Waals surface area contributed by atoms with Crippen molar-refractivity contribution >= 4 is 11.6 Å². The highest BCUT2D eigenvalue weighted by Crippen LogP contribution is 2.21. The molecular formula is C15H16ClFN2O. The summed E-state index contributed by atoms with van der Waals surface area (Å²) in [5, 5.41) is 0.609. The van der Waals surface area contributed by atoms with Gasteiger partial charge in [0, 0.05) is 5.02 Å². The number of halogens is 2. The first-order chi connectivity index (χ1) is 9.60. The van der Waals surface area contributed by atoms with Crippen LogP contribution >= 0.6 is 11.6 Å². The molecule has 2 aromatic rings. The Balaban J connectivity index is 2.09. The minimum Gasteiger partial charge on any atom is -0.492 e. The minimum atomic E-state index is -0.266. The van der Waals surface area contributed by atoms with Crippen molar-refractivity contribution in [3.63, 3.8) is 0 Å². The van der Waals surface area contributed by atoms with E-state index in [0.717, 1.165) is 11.1 Å². The Morgan fingerprint density at radius 3 is 2.75 bits per heavy atom. The standard InChI is InChI=1S/C15H16ClFN2O/c1-10-7-12(17)5-6-14(10)15(19-18)9-20-13-4-2-3-11(16)8-13/h2-8,15,19H,9,18H2,1H3. The monoisotopic (exact) mass is 294 g/mol. The fourth-order valence-electron chi connectivity index (χ4n) is 1.99. The van der Waals surface area contributed by atoms with Crippen LogP contribution in [-0.4, -0.2) is 6.61 Å². The molecule has 3 N–H and O–H groups in total. The third kappa shape index (κ3) is 3.70. The molecule has 20 heavy (non-hydrogen) atoms. The van der Waals surface area contributed by atoms with E-state index in [-0.39, 0.29) is 11.9 Å². The van der Waals surface area contributed by atoms with E-state index in [1.807, 2.05) is 19.1 Å². The van der Waals surface area contributed by atoms with Crippen molar-refractivity contribution in [3.05, 3.63) is 64.4 Å². The molecule has 1 unspecified atom stereocenters. The van der Waals surface area contributed by atoms with Gasteiger partial charge in [-0.1, -0.05) is 23.7 Å². The van der Waals surface area contributed by atoms with Gasteiger partial charge in [0.1, 0.15) is 18.2 Å². The van der Waals surface area contributed by atoms with Gasteiger partial charge >= 0.3 is 0 Å². The van der Waals surface area contributed by atoms with Crippen molar-refractivity contribution in [1.82, 2.24) is 5.43 Å². The third-order valence-corrected chi connectivity index (χ3v) is 3.26. The van der Waals surface area contributed by atoms with Gasteiger partial charge in [-0.25, -0.2) is 9.82 Å². The van der Waals surface area contributed by atoms with Crippen LogP contribution in [0.25, 0.3) is 0 Å². The van der Waals surface area contributed by atoms with Crippen molar-refractivity contribution in [2.75, 3.05) is 6.61 Å². The van der Waals surface area contributed by atoms with Gasteiger partial charge in [0.15, 0.2) is 0 Å². The molecule has 0 saturated heterocycles. The first-order valence-corrected chi connectivity index (χ1v) is 6.58. The number of benzene rings is 2. The van der Waals surface area contributed by atoms with Gasteiger partial charge in [0.25, 0.3) is 0 Å². The molecule has 0 aliphatic heterocycles. The van der Waals surface area contributed by atoms with Crippen LogP contribution in [0, 0.1) is 12.7 Å².